The van der Waals surface area contributed by atoms with E-state index in [0.717, 1.165) is 12.2 Å². The number of rotatable bonds is 4. The topological polar surface area (TPSA) is 34.1 Å². The second-order valence-corrected chi connectivity index (χ2v) is 6.13. The molecule has 2 aliphatic heterocycles. The van der Waals surface area contributed by atoms with Crippen molar-refractivity contribution in [3.8, 4) is 5.75 Å². The molecule has 4 rings (SSSR count). The number of aromatic nitrogens is 1. The molecule has 0 saturated carbocycles. The Labute approximate surface area is 131 Å². The van der Waals surface area contributed by atoms with Gasteiger partial charge >= 0.3 is 0 Å². The van der Waals surface area contributed by atoms with Gasteiger partial charge in [-0.15, -0.1) is 0 Å². The summed E-state index contributed by atoms with van der Waals surface area (Å²) in [4.78, 5) is 4.36. The number of nitrogens with one attached hydrogen (secondary N) is 1. The Morgan fingerprint density at radius 2 is 2.05 bits per heavy atom. The first-order chi connectivity index (χ1) is 10.9. The smallest absolute Gasteiger partial charge is 0.138 e. The van der Waals surface area contributed by atoms with E-state index in [4.69, 9.17) is 4.74 Å². The summed E-state index contributed by atoms with van der Waals surface area (Å²) in [7, 11) is 0. The molecule has 2 aromatic rings. The van der Waals surface area contributed by atoms with Crippen molar-refractivity contribution in [1.29, 1.82) is 0 Å². The van der Waals surface area contributed by atoms with E-state index in [1.807, 2.05) is 24.4 Å². The van der Waals surface area contributed by atoms with Crippen LogP contribution in [0.3, 0.4) is 0 Å². The molecule has 0 aliphatic carbocycles. The Morgan fingerprint density at radius 1 is 1.14 bits per heavy atom. The van der Waals surface area contributed by atoms with Crippen LogP contribution in [0, 0.1) is 0 Å². The van der Waals surface area contributed by atoms with Gasteiger partial charge in [-0.3, -0.25) is 4.98 Å². The minimum atomic E-state index is 0.544. The van der Waals surface area contributed by atoms with Crippen molar-refractivity contribution in [3.05, 3.63) is 66.0 Å². The molecule has 22 heavy (non-hydrogen) atoms. The molecule has 1 fully saturated rings. The summed E-state index contributed by atoms with van der Waals surface area (Å²) >= 11 is 0. The van der Waals surface area contributed by atoms with Crippen LogP contribution in [-0.4, -0.2) is 17.1 Å². The van der Waals surface area contributed by atoms with Crippen LogP contribution < -0.4 is 10.1 Å². The zero-order valence-corrected chi connectivity index (χ0v) is 12.5. The van der Waals surface area contributed by atoms with Crippen molar-refractivity contribution < 1.29 is 4.74 Å². The van der Waals surface area contributed by atoms with Gasteiger partial charge in [0.1, 0.15) is 12.4 Å². The molecule has 3 heteroatoms. The van der Waals surface area contributed by atoms with Gasteiger partial charge < -0.3 is 10.1 Å². The quantitative estimate of drug-likeness (QED) is 0.935. The molecule has 2 atom stereocenters. The second kappa shape index (κ2) is 5.93. The van der Waals surface area contributed by atoms with Crippen molar-refractivity contribution >= 4 is 5.57 Å². The summed E-state index contributed by atoms with van der Waals surface area (Å²) in [6, 6.07) is 13.5. The molecule has 0 spiro atoms. The Balaban J connectivity index is 1.49. The van der Waals surface area contributed by atoms with E-state index in [2.05, 4.69) is 34.6 Å². The first-order valence-electron chi connectivity index (χ1n) is 7.96. The molecule has 0 radical (unpaired) electrons. The van der Waals surface area contributed by atoms with Gasteiger partial charge in [0.25, 0.3) is 0 Å². The lowest BCUT2D eigenvalue weighted by Gasteiger charge is -2.21. The lowest BCUT2D eigenvalue weighted by atomic mass is 9.97. The van der Waals surface area contributed by atoms with Gasteiger partial charge in [-0.1, -0.05) is 36.4 Å². The molecule has 1 N–H and O–H groups in total. The van der Waals surface area contributed by atoms with Crippen LogP contribution in [0.2, 0.25) is 0 Å². The van der Waals surface area contributed by atoms with Crippen LogP contribution in [-0.2, 0) is 6.61 Å². The van der Waals surface area contributed by atoms with Crippen LogP contribution in [0.4, 0.5) is 0 Å². The van der Waals surface area contributed by atoms with Crippen LogP contribution in [0.1, 0.15) is 30.4 Å². The van der Waals surface area contributed by atoms with Crippen molar-refractivity contribution in [2.24, 2.45) is 0 Å². The van der Waals surface area contributed by atoms with Gasteiger partial charge in [0.05, 0.1) is 6.20 Å². The first kappa shape index (κ1) is 13.5. The van der Waals surface area contributed by atoms with E-state index < -0.39 is 0 Å². The number of nitrogens with zero attached hydrogens (tertiary/aromatic N) is 1. The highest BCUT2D eigenvalue weighted by molar-refractivity contribution is 5.68. The van der Waals surface area contributed by atoms with Crippen molar-refractivity contribution in [2.75, 3.05) is 0 Å². The van der Waals surface area contributed by atoms with Crippen LogP contribution in [0.5, 0.6) is 5.75 Å². The third-order valence-corrected chi connectivity index (χ3v) is 4.48. The van der Waals surface area contributed by atoms with Crippen LogP contribution in [0.25, 0.3) is 5.57 Å². The minimum absolute atomic E-state index is 0.544. The zero-order valence-electron chi connectivity index (χ0n) is 12.5. The fourth-order valence-corrected chi connectivity index (χ4v) is 3.35. The minimum Gasteiger partial charge on any atom is -0.487 e. The summed E-state index contributed by atoms with van der Waals surface area (Å²) in [5.74, 6) is 0.841. The largest absolute Gasteiger partial charge is 0.487 e. The van der Waals surface area contributed by atoms with Gasteiger partial charge in [0.15, 0.2) is 0 Å². The van der Waals surface area contributed by atoms with E-state index in [9.17, 15) is 0 Å². The summed E-state index contributed by atoms with van der Waals surface area (Å²) in [5.41, 5.74) is 3.78. The Bertz CT molecular complexity index is 681. The molecule has 1 aromatic carbocycles. The number of benzene rings is 1. The number of pyridine rings is 1. The summed E-state index contributed by atoms with van der Waals surface area (Å²) in [6.45, 7) is 0.581. The third kappa shape index (κ3) is 2.90. The molecule has 0 amide bonds. The molecular formula is C19H20N2O. The summed E-state index contributed by atoms with van der Waals surface area (Å²) < 4.78 is 5.89. The van der Waals surface area contributed by atoms with E-state index >= 15 is 0 Å². The van der Waals surface area contributed by atoms with Gasteiger partial charge in [-0.2, -0.15) is 0 Å². The van der Waals surface area contributed by atoms with Crippen molar-refractivity contribution in [1.82, 2.24) is 10.3 Å². The number of hydrogen-bond acceptors (Lipinski definition) is 3. The predicted molar refractivity (Wildman–Crippen MR) is 87.6 cm³/mol. The van der Waals surface area contributed by atoms with Gasteiger partial charge in [0.2, 0.25) is 0 Å². The second-order valence-electron chi connectivity index (χ2n) is 6.13. The Kier molecular flexibility index (Phi) is 3.65. The van der Waals surface area contributed by atoms with Gasteiger partial charge in [-0.05, 0) is 42.0 Å². The van der Waals surface area contributed by atoms with E-state index in [1.165, 1.54) is 29.5 Å². The SMILES string of the molecule is C1=C(c2cncc(OCc3ccccc3)c2)CC2CCC1N2. The zero-order chi connectivity index (χ0) is 14.8. The highest BCUT2D eigenvalue weighted by Gasteiger charge is 2.28. The average molecular weight is 292 g/mol. The lowest BCUT2D eigenvalue weighted by Crippen LogP contribution is -2.31. The van der Waals surface area contributed by atoms with Gasteiger partial charge in [-0.25, -0.2) is 0 Å². The predicted octanol–water partition coefficient (Wildman–Crippen LogP) is 3.57. The van der Waals surface area contributed by atoms with Crippen LogP contribution >= 0.6 is 0 Å². The lowest BCUT2D eigenvalue weighted by molar-refractivity contribution is 0.305. The fourth-order valence-electron chi connectivity index (χ4n) is 3.35. The number of ether oxygens (including phenoxy) is 1. The molecule has 1 aromatic heterocycles. The molecular weight excluding hydrogens is 272 g/mol. The molecule has 3 nitrogen and oxygen atoms in total. The Hall–Kier alpha value is -2.13. The highest BCUT2D eigenvalue weighted by Crippen LogP contribution is 2.32. The standard InChI is InChI=1S/C19H20N2O/c1-2-4-14(5-3-1)13-22-19-10-16(11-20-12-19)15-8-17-6-7-18(9-15)21-17/h1-5,8,10-12,17-18,21H,6-7,9,13H2. The number of hydrogen-bond donors (Lipinski definition) is 1. The number of fused-ring (bicyclic) bond motifs is 2. The maximum Gasteiger partial charge on any atom is 0.138 e. The van der Waals surface area contributed by atoms with Gasteiger partial charge in [0, 0.05) is 18.3 Å². The van der Waals surface area contributed by atoms with E-state index in [0.29, 0.717) is 18.7 Å². The fraction of sp³-hybridized carbons (Fsp3) is 0.316. The van der Waals surface area contributed by atoms with Crippen molar-refractivity contribution in [3.63, 3.8) is 0 Å². The summed E-state index contributed by atoms with van der Waals surface area (Å²) in [6.07, 6.45) is 9.74. The molecule has 3 heterocycles. The molecule has 2 bridgehead atoms. The average Bonchev–Trinajstić information content (AvgIpc) is 2.92. The summed E-state index contributed by atoms with van der Waals surface area (Å²) in [5, 5.41) is 3.62. The maximum absolute atomic E-state index is 5.89. The third-order valence-electron chi connectivity index (χ3n) is 4.48. The maximum atomic E-state index is 5.89. The molecule has 1 saturated heterocycles. The normalized spacial score (nSPS) is 23.2. The molecule has 112 valence electrons. The van der Waals surface area contributed by atoms with Crippen LogP contribution in [0.15, 0.2) is 54.9 Å². The van der Waals surface area contributed by atoms with E-state index in [1.54, 1.807) is 6.20 Å². The monoisotopic (exact) mass is 292 g/mol. The molecule has 2 aliphatic rings. The molecule has 2 unspecified atom stereocenters. The van der Waals surface area contributed by atoms with Crippen molar-refractivity contribution in [2.45, 2.75) is 38.0 Å². The highest BCUT2D eigenvalue weighted by atomic mass is 16.5. The Morgan fingerprint density at radius 3 is 2.91 bits per heavy atom. The first-order valence-corrected chi connectivity index (χ1v) is 7.96. The van der Waals surface area contributed by atoms with E-state index in [-0.39, 0.29) is 0 Å².